The third-order valence-corrected chi connectivity index (χ3v) is 3.95. The van der Waals surface area contributed by atoms with Crippen molar-refractivity contribution in [1.29, 1.82) is 0 Å². The fourth-order valence-electron chi connectivity index (χ4n) is 2.70. The summed E-state index contributed by atoms with van der Waals surface area (Å²) in [5.41, 5.74) is 1.29. The Labute approximate surface area is 144 Å². The minimum absolute atomic E-state index is 0.116. The van der Waals surface area contributed by atoms with Gasteiger partial charge in [-0.2, -0.15) is 0 Å². The molecule has 3 rings (SSSR count). The van der Waals surface area contributed by atoms with E-state index < -0.39 is 5.82 Å². The van der Waals surface area contributed by atoms with Crippen molar-refractivity contribution >= 4 is 11.9 Å². The molecule has 1 N–H and O–H groups in total. The molecule has 0 saturated heterocycles. The van der Waals surface area contributed by atoms with E-state index in [1.807, 2.05) is 0 Å². The van der Waals surface area contributed by atoms with Crippen LogP contribution in [0.25, 0.3) is 6.08 Å². The monoisotopic (exact) mass is 344 g/mol. The zero-order valence-corrected chi connectivity index (χ0v) is 13.8. The lowest BCUT2D eigenvalue weighted by molar-refractivity contribution is 0.103. The molecular formula is C19H17FO5. The second kappa shape index (κ2) is 6.84. The molecule has 0 spiro atoms. The van der Waals surface area contributed by atoms with Gasteiger partial charge in [-0.1, -0.05) is 0 Å². The summed E-state index contributed by atoms with van der Waals surface area (Å²) in [6.45, 7) is 0.308. The number of halogens is 1. The molecule has 1 aliphatic heterocycles. The minimum atomic E-state index is -0.495. The van der Waals surface area contributed by atoms with Gasteiger partial charge < -0.3 is 19.3 Å². The lowest BCUT2D eigenvalue weighted by Crippen LogP contribution is -2.03. The second-order valence-corrected chi connectivity index (χ2v) is 5.51. The molecule has 0 saturated carbocycles. The Morgan fingerprint density at radius 1 is 1.16 bits per heavy atom. The Hall–Kier alpha value is -3.02. The molecule has 6 heteroatoms. The lowest BCUT2D eigenvalue weighted by atomic mass is 9.98. The van der Waals surface area contributed by atoms with Crippen LogP contribution in [0.3, 0.4) is 0 Å². The van der Waals surface area contributed by atoms with Gasteiger partial charge >= 0.3 is 0 Å². The highest BCUT2D eigenvalue weighted by Gasteiger charge is 2.22. The number of carbonyl (C=O) groups excluding carboxylic acids is 1. The number of hydrogen-bond donors (Lipinski definition) is 1. The van der Waals surface area contributed by atoms with E-state index in [4.69, 9.17) is 14.2 Å². The van der Waals surface area contributed by atoms with Crippen LogP contribution in [0.2, 0.25) is 0 Å². The maximum atomic E-state index is 13.5. The number of methoxy groups -OCH3 is 2. The number of Topliss-reactive ketones (excluding diaryl/α,β-unsaturated/α-hetero) is 1. The quantitative estimate of drug-likeness (QED) is 0.862. The first kappa shape index (κ1) is 16.8. The van der Waals surface area contributed by atoms with E-state index in [1.54, 1.807) is 18.2 Å². The highest BCUT2D eigenvalue weighted by Crippen LogP contribution is 2.38. The first-order valence-electron chi connectivity index (χ1n) is 7.66. The van der Waals surface area contributed by atoms with Gasteiger partial charge in [-0.05, 0) is 42.0 Å². The zero-order chi connectivity index (χ0) is 18.0. The molecular weight excluding hydrogens is 327 g/mol. The largest absolute Gasteiger partial charge is 0.502 e. The van der Waals surface area contributed by atoms with Crippen LogP contribution in [-0.2, 0) is 0 Å². The van der Waals surface area contributed by atoms with Crippen molar-refractivity contribution in [3.8, 4) is 23.0 Å². The molecule has 0 atom stereocenters. The van der Waals surface area contributed by atoms with Gasteiger partial charge in [0.15, 0.2) is 17.3 Å². The van der Waals surface area contributed by atoms with E-state index in [1.165, 1.54) is 32.4 Å². The van der Waals surface area contributed by atoms with Crippen molar-refractivity contribution in [2.75, 3.05) is 20.8 Å². The van der Waals surface area contributed by atoms with Crippen LogP contribution in [-0.4, -0.2) is 31.7 Å². The summed E-state index contributed by atoms with van der Waals surface area (Å²) >= 11 is 0. The minimum Gasteiger partial charge on any atom is -0.502 e. The van der Waals surface area contributed by atoms with Gasteiger partial charge in [-0.3, -0.25) is 4.79 Å². The smallest absolute Gasteiger partial charge is 0.200 e. The van der Waals surface area contributed by atoms with Crippen molar-refractivity contribution in [1.82, 2.24) is 0 Å². The molecule has 130 valence electrons. The van der Waals surface area contributed by atoms with Crippen molar-refractivity contribution in [3.05, 3.63) is 52.8 Å². The molecule has 25 heavy (non-hydrogen) atoms. The van der Waals surface area contributed by atoms with Crippen molar-refractivity contribution in [2.45, 2.75) is 6.42 Å². The molecule has 1 heterocycles. The number of phenolic OH excluding ortho intramolecular Hbond substituents is 1. The van der Waals surface area contributed by atoms with Gasteiger partial charge in [0.25, 0.3) is 0 Å². The first-order chi connectivity index (χ1) is 12.0. The second-order valence-electron chi connectivity index (χ2n) is 5.51. The molecule has 0 amide bonds. The highest BCUT2D eigenvalue weighted by molar-refractivity contribution is 6.13. The molecule has 0 unspecified atom stereocenters. The predicted octanol–water partition coefficient (Wildman–Crippen LogP) is 3.60. The van der Waals surface area contributed by atoms with Gasteiger partial charge in [-0.25, -0.2) is 4.39 Å². The Balaban J connectivity index is 2.05. The average molecular weight is 344 g/mol. The number of carbonyl (C=O) groups is 1. The summed E-state index contributed by atoms with van der Waals surface area (Å²) in [7, 11) is 2.85. The molecule has 0 aromatic heterocycles. The Kier molecular flexibility index (Phi) is 4.61. The fourth-order valence-corrected chi connectivity index (χ4v) is 2.70. The topological polar surface area (TPSA) is 65.0 Å². The van der Waals surface area contributed by atoms with Crippen LogP contribution in [0, 0.1) is 5.82 Å². The number of fused-ring (bicyclic) bond motifs is 1. The Morgan fingerprint density at radius 2 is 1.84 bits per heavy atom. The highest BCUT2D eigenvalue weighted by atomic mass is 19.1. The number of rotatable bonds is 3. The molecule has 2 aromatic carbocycles. The van der Waals surface area contributed by atoms with E-state index in [0.29, 0.717) is 29.9 Å². The van der Waals surface area contributed by atoms with Gasteiger partial charge in [0.05, 0.1) is 26.4 Å². The van der Waals surface area contributed by atoms with Crippen molar-refractivity contribution in [2.24, 2.45) is 0 Å². The molecule has 5 nitrogen and oxygen atoms in total. The lowest BCUT2D eigenvalue weighted by Gasteiger charge is -2.10. The summed E-state index contributed by atoms with van der Waals surface area (Å²) in [5, 5.41) is 9.98. The van der Waals surface area contributed by atoms with Gasteiger partial charge in [0.2, 0.25) is 5.75 Å². The van der Waals surface area contributed by atoms with Crippen LogP contribution >= 0.6 is 0 Å². The van der Waals surface area contributed by atoms with Gasteiger partial charge in [0, 0.05) is 12.0 Å². The number of benzene rings is 2. The summed E-state index contributed by atoms with van der Waals surface area (Å²) < 4.78 is 29.3. The number of ether oxygens (including phenoxy) is 3. The maximum Gasteiger partial charge on any atom is 0.200 e. The van der Waals surface area contributed by atoms with Crippen molar-refractivity contribution in [3.63, 3.8) is 0 Å². The summed E-state index contributed by atoms with van der Waals surface area (Å²) in [4.78, 5) is 12.7. The number of phenols is 1. The van der Waals surface area contributed by atoms with E-state index in [0.717, 1.165) is 0 Å². The molecule has 0 bridgehead atoms. The number of aromatic hydroxyl groups is 1. The third-order valence-electron chi connectivity index (χ3n) is 3.95. The summed E-state index contributed by atoms with van der Waals surface area (Å²) in [6.07, 6.45) is 2.04. The van der Waals surface area contributed by atoms with E-state index in [-0.39, 0.29) is 28.6 Å². The molecule has 1 aliphatic rings. The summed E-state index contributed by atoms with van der Waals surface area (Å²) in [5.74, 6) is -0.0707. The van der Waals surface area contributed by atoms with E-state index in [9.17, 15) is 14.3 Å². The zero-order valence-electron chi connectivity index (χ0n) is 13.8. The van der Waals surface area contributed by atoms with E-state index >= 15 is 0 Å². The maximum absolute atomic E-state index is 13.5. The predicted molar refractivity (Wildman–Crippen MR) is 90.0 cm³/mol. The Morgan fingerprint density at radius 3 is 2.48 bits per heavy atom. The first-order valence-corrected chi connectivity index (χ1v) is 7.66. The van der Waals surface area contributed by atoms with Crippen LogP contribution in [0.5, 0.6) is 23.0 Å². The normalized spacial score (nSPS) is 15.3. The van der Waals surface area contributed by atoms with Crippen LogP contribution < -0.4 is 14.2 Å². The van der Waals surface area contributed by atoms with Gasteiger partial charge in [0.1, 0.15) is 11.6 Å². The summed E-state index contributed by atoms with van der Waals surface area (Å²) in [6, 6.07) is 7.08. The van der Waals surface area contributed by atoms with Gasteiger partial charge in [-0.15, -0.1) is 0 Å². The molecule has 0 radical (unpaired) electrons. The van der Waals surface area contributed by atoms with Crippen LogP contribution in [0.1, 0.15) is 22.3 Å². The molecule has 2 aromatic rings. The average Bonchev–Trinajstić information content (AvgIpc) is 2.76. The van der Waals surface area contributed by atoms with E-state index in [2.05, 4.69) is 0 Å². The Bertz CT molecular complexity index is 832. The van der Waals surface area contributed by atoms with Crippen LogP contribution in [0.4, 0.5) is 4.39 Å². The number of ketones is 1. The van der Waals surface area contributed by atoms with Crippen LogP contribution in [0.15, 0.2) is 35.9 Å². The SMILES string of the molecule is COc1cc(C=C2CCOc3ccc(F)cc3C2=O)cc(OC)c1O. The molecule has 0 fully saturated rings. The third kappa shape index (κ3) is 3.28. The number of hydrogen-bond acceptors (Lipinski definition) is 5. The standard InChI is InChI=1S/C19H17FO5/c1-23-16-8-11(9-17(24-2)19(16)22)7-12-5-6-25-15-4-3-13(20)10-14(15)18(12)21/h3-4,7-10,22H,5-6H2,1-2H3. The molecule has 0 aliphatic carbocycles. The van der Waals surface area contributed by atoms with Crippen molar-refractivity contribution < 1.29 is 28.5 Å². The fraction of sp³-hybridized carbons (Fsp3) is 0.211.